The first-order valence-electron chi connectivity index (χ1n) is 13.0. The van der Waals surface area contributed by atoms with Crippen molar-refractivity contribution in [3.63, 3.8) is 0 Å². The van der Waals surface area contributed by atoms with E-state index in [1.807, 2.05) is 73.9 Å². The van der Waals surface area contributed by atoms with Crippen LogP contribution in [0.25, 0.3) is 11.4 Å². The number of ether oxygens (including phenoxy) is 1. The van der Waals surface area contributed by atoms with Crippen molar-refractivity contribution in [2.45, 2.75) is 45.7 Å². The number of anilines is 2. The molecule has 1 atom stereocenters. The van der Waals surface area contributed by atoms with Crippen LogP contribution in [0.15, 0.2) is 60.7 Å². The first kappa shape index (κ1) is 25.2. The molecule has 0 saturated carbocycles. The summed E-state index contributed by atoms with van der Waals surface area (Å²) in [5.74, 6) is 0.586. The Bertz CT molecular complexity index is 1670. The van der Waals surface area contributed by atoms with E-state index in [0.29, 0.717) is 39.2 Å². The second kappa shape index (κ2) is 8.99. The van der Waals surface area contributed by atoms with Gasteiger partial charge in [-0.15, -0.1) is 0 Å². The molecule has 3 heterocycles. The van der Waals surface area contributed by atoms with Crippen molar-refractivity contribution in [2.24, 2.45) is 0 Å². The van der Waals surface area contributed by atoms with Gasteiger partial charge in [-0.3, -0.25) is 14.5 Å². The summed E-state index contributed by atoms with van der Waals surface area (Å²) in [4.78, 5) is 35.2. The Morgan fingerprint density at radius 2 is 1.87 bits per heavy atom. The second-order valence-corrected chi connectivity index (χ2v) is 10.8. The van der Waals surface area contributed by atoms with Crippen molar-refractivity contribution >= 4 is 34.8 Å². The van der Waals surface area contributed by atoms with Crippen molar-refractivity contribution in [1.82, 2.24) is 9.55 Å². The Hall–Kier alpha value is -4.10. The largest absolute Gasteiger partial charge is 0.496 e. The first-order chi connectivity index (χ1) is 18.7. The van der Waals surface area contributed by atoms with Crippen LogP contribution in [0.1, 0.15) is 59.7 Å². The number of aromatic nitrogens is 2. The highest BCUT2D eigenvalue weighted by atomic mass is 35.5. The number of nitrogens with one attached hydrogen (secondary N) is 1. The lowest BCUT2D eigenvalue weighted by Crippen LogP contribution is -2.51. The van der Waals surface area contributed by atoms with E-state index in [-0.39, 0.29) is 23.6 Å². The Morgan fingerprint density at radius 3 is 2.56 bits per heavy atom. The standard InChI is InChI=1S/C31H29ClN4O3/c1-6-19-10-13-25(39-5)22(15-19)28-34-26-27(35(28)17(2)3)31(23-12-11-20(32)16-24(23)33-30(31)38)36(29(26)37)21-9-7-8-18(4)14-21/h7-17H,6H2,1-5H3,(H,33,38). The average Bonchev–Trinajstić information content (AvgIpc) is 3.52. The summed E-state index contributed by atoms with van der Waals surface area (Å²) < 4.78 is 7.75. The lowest BCUT2D eigenvalue weighted by atomic mass is 9.87. The van der Waals surface area contributed by atoms with Crippen LogP contribution in [0, 0.1) is 6.92 Å². The summed E-state index contributed by atoms with van der Waals surface area (Å²) in [6.07, 6.45) is 0.833. The minimum atomic E-state index is -1.47. The molecule has 2 aliphatic rings. The van der Waals surface area contributed by atoms with Gasteiger partial charge in [-0.2, -0.15) is 0 Å². The molecule has 7 nitrogen and oxygen atoms in total. The molecule has 2 aliphatic heterocycles. The number of carbonyl (C=O) groups excluding carboxylic acids is 2. The van der Waals surface area contributed by atoms with E-state index in [0.717, 1.165) is 23.1 Å². The molecule has 0 fully saturated rings. The second-order valence-electron chi connectivity index (χ2n) is 10.3. The molecule has 8 heteroatoms. The zero-order valence-electron chi connectivity index (χ0n) is 22.5. The van der Waals surface area contributed by atoms with Crippen molar-refractivity contribution in [3.8, 4) is 17.1 Å². The minimum Gasteiger partial charge on any atom is -0.496 e. The summed E-state index contributed by atoms with van der Waals surface area (Å²) in [7, 11) is 1.62. The van der Waals surface area contributed by atoms with E-state index in [2.05, 4.69) is 12.2 Å². The maximum atomic E-state index is 14.4. The highest BCUT2D eigenvalue weighted by Gasteiger charge is 2.64. The number of methoxy groups -OCH3 is 1. The van der Waals surface area contributed by atoms with Crippen LogP contribution in [0.5, 0.6) is 5.75 Å². The van der Waals surface area contributed by atoms with Crippen molar-refractivity contribution < 1.29 is 14.3 Å². The fourth-order valence-corrected chi connectivity index (χ4v) is 6.11. The van der Waals surface area contributed by atoms with E-state index in [9.17, 15) is 9.59 Å². The number of imidazole rings is 1. The van der Waals surface area contributed by atoms with Crippen LogP contribution in [-0.4, -0.2) is 28.5 Å². The number of rotatable bonds is 5. The van der Waals surface area contributed by atoms with E-state index in [1.54, 1.807) is 24.1 Å². The SMILES string of the molecule is CCc1ccc(OC)c(-c2nc3c(n2C(C)C)C2(C(=O)Nc4cc(Cl)ccc42)N(c2cccc(C)c2)C3=O)c1. The molecule has 1 N–H and O–H groups in total. The monoisotopic (exact) mass is 540 g/mol. The topological polar surface area (TPSA) is 76.5 Å². The van der Waals surface area contributed by atoms with Gasteiger partial charge >= 0.3 is 0 Å². The minimum absolute atomic E-state index is 0.127. The third kappa shape index (κ3) is 3.46. The van der Waals surface area contributed by atoms with Gasteiger partial charge in [0, 0.05) is 28.0 Å². The normalized spacial score (nSPS) is 17.7. The van der Waals surface area contributed by atoms with Crippen LogP contribution in [-0.2, 0) is 16.8 Å². The van der Waals surface area contributed by atoms with Gasteiger partial charge in [-0.25, -0.2) is 4.98 Å². The summed E-state index contributed by atoms with van der Waals surface area (Å²) in [5, 5.41) is 3.52. The van der Waals surface area contributed by atoms with Gasteiger partial charge < -0.3 is 14.6 Å². The highest BCUT2D eigenvalue weighted by molar-refractivity contribution is 6.31. The predicted molar refractivity (Wildman–Crippen MR) is 153 cm³/mol. The third-order valence-corrected chi connectivity index (χ3v) is 7.87. The fourth-order valence-electron chi connectivity index (χ4n) is 5.94. The number of carbonyl (C=O) groups is 2. The molecule has 0 saturated heterocycles. The third-order valence-electron chi connectivity index (χ3n) is 7.63. The van der Waals surface area contributed by atoms with Crippen LogP contribution < -0.4 is 15.0 Å². The predicted octanol–water partition coefficient (Wildman–Crippen LogP) is 6.52. The zero-order chi connectivity index (χ0) is 27.6. The smallest absolute Gasteiger partial charge is 0.280 e. The van der Waals surface area contributed by atoms with Gasteiger partial charge in [0.15, 0.2) is 11.2 Å². The molecule has 198 valence electrons. The number of benzene rings is 3. The van der Waals surface area contributed by atoms with E-state index in [1.165, 1.54) is 0 Å². The number of nitrogens with zero attached hydrogens (tertiary/aromatic N) is 3. The Balaban J connectivity index is 1.73. The molecule has 4 aromatic rings. The molecule has 0 bridgehead atoms. The van der Waals surface area contributed by atoms with Gasteiger partial charge in [0.05, 0.1) is 18.4 Å². The molecule has 1 unspecified atom stereocenters. The van der Waals surface area contributed by atoms with Gasteiger partial charge in [-0.05, 0) is 74.7 Å². The summed E-state index contributed by atoms with van der Waals surface area (Å²) in [6.45, 7) is 8.11. The van der Waals surface area contributed by atoms with Crippen LogP contribution >= 0.6 is 11.6 Å². The molecule has 39 heavy (non-hydrogen) atoms. The lowest BCUT2D eigenvalue weighted by molar-refractivity contribution is -0.119. The van der Waals surface area contributed by atoms with E-state index < -0.39 is 5.54 Å². The van der Waals surface area contributed by atoms with Crippen molar-refractivity contribution in [2.75, 3.05) is 17.3 Å². The van der Waals surface area contributed by atoms with Gasteiger partial charge in [0.2, 0.25) is 0 Å². The summed E-state index contributed by atoms with van der Waals surface area (Å²) in [6, 6.07) is 18.8. The quantitative estimate of drug-likeness (QED) is 0.312. The number of aryl methyl sites for hydroxylation is 2. The van der Waals surface area contributed by atoms with Crippen molar-refractivity contribution in [3.05, 3.63) is 93.8 Å². The molecule has 0 radical (unpaired) electrons. The Kier molecular flexibility index (Phi) is 5.81. The van der Waals surface area contributed by atoms with Crippen LogP contribution in [0.3, 0.4) is 0 Å². The maximum Gasteiger partial charge on any atom is 0.280 e. The van der Waals surface area contributed by atoms with E-state index >= 15 is 0 Å². The van der Waals surface area contributed by atoms with Crippen molar-refractivity contribution in [1.29, 1.82) is 0 Å². The van der Waals surface area contributed by atoms with Gasteiger partial charge in [0.1, 0.15) is 11.6 Å². The molecule has 0 aliphatic carbocycles. The molecule has 1 spiro atoms. The Morgan fingerprint density at radius 1 is 1.08 bits per heavy atom. The first-order valence-corrected chi connectivity index (χ1v) is 13.4. The average molecular weight is 541 g/mol. The highest BCUT2D eigenvalue weighted by Crippen LogP contribution is 2.54. The van der Waals surface area contributed by atoms with Gasteiger partial charge in [0.25, 0.3) is 11.8 Å². The molecule has 3 aromatic carbocycles. The molecular weight excluding hydrogens is 512 g/mol. The van der Waals surface area contributed by atoms with Gasteiger partial charge in [-0.1, -0.05) is 42.8 Å². The van der Waals surface area contributed by atoms with Crippen LogP contribution in [0.2, 0.25) is 5.02 Å². The number of hydrogen-bond acceptors (Lipinski definition) is 4. The number of amides is 2. The van der Waals surface area contributed by atoms with E-state index in [4.69, 9.17) is 21.3 Å². The fraction of sp³-hybridized carbons (Fsp3) is 0.258. The number of fused-ring (bicyclic) bond motifs is 4. The number of hydrogen-bond donors (Lipinski definition) is 1. The Labute approximate surface area is 232 Å². The molecule has 6 rings (SSSR count). The summed E-state index contributed by atoms with van der Waals surface area (Å²) in [5.41, 5.74) is 4.06. The molecule has 2 amide bonds. The lowest BCUT2D eigenvalue weighted by Gasteiger charge is -2.36. The molecular formula is C31H29ClN4O3. The number of halogens is 1. The summed E-state index contributed by atoms with van der Waals surface area (Å²) >= 11 is 6.33. The maximum absolute atomic E-state index is 14.4. The van der Waals surface area contributed by atoms with Crippen LogP contribution in [0.4, 0.5) is 11.4 Å². The molecule has 1 aromatic heterocycles. The zero-order valence-corrected chi connectivity index (χ0v) is 23.3.